The number of ether oxygens (including phenoxy) is 1. The summed E-state index contributed by atoms with van der Waals surface area (Å²) in [6.07, 6.45) is 0. The molecule has 2 N–H and O–H groups in total. The van der Waals surface area contributed by atoms with Crippen LogP contribution < -0.4 is 4.74 Å². The molecule has 6 nitrogen and oxygen atoms in total. The molecule has 20 heavy (non-hydrogen) atoms. The standard InChI is InChI=1S/C12H10ClFN2O4/c1-16-8(4-7(15-16)12(18)19)5-3-6(13)9(14)11(20-2)10(5)17/h3-4,17H,1-2H3,(H,18,19). The van der Waals surface area contributed by atoms with Crippen molar-refractivity contribution in [2.75, 3.05) is 7.11 Å². The summed E-state index contributed by atoms with van der Waals surface area (Å²) in [4.78, 5) is 10.9. The van der Waals surface area contributed by atoms with Gasteiger partial charge in [-0.1, -0.05) is 11.6 Å². The van der Waals surface area contributed by atoms with E-state index in [0.29, 0.717) is 0 Å². The fraction of sp³-hybridized carbons (Fsp3) is 0.167. The van der Waals surface area contributed by atoms with Crippen molar-refractivity contribution in [3.05, 3.63) is 28.7 Å². The molecule has 8 heteroatoms. The summed E-state index contributed by atoms with van der Waals surface area (Å²) in [5, 5.41) is 22.4. The summed E-state index contributed by atoms with van der Waals surface area (Å²) in [6.45, 7) is 0. The minimum absolute atomic E-state index is 0.121. The van der Waals surface area contributed by atoms with Crippen molar-refractivity contribution >= 4 is 17.6 Å². The van der Waals surface area contributed by atoms with Crippen LogP contribution in [0, 0.1) is 5.82 Å². The Morgan fingerprint density at radius 3 is 2.65 bits per heavy atom. The Bertz CT molecular complexity index is 699. The zero-order valence-corrected chi connectivity index (χ0v) is 11.3. The lowest BCUT2D eigenvalue weighted by atomic mass is 10.1. The zero-order valence-electron chi connectivity index (χ0n) is 10.5. The van der Waals surface area contributed by atoms with Crippen molar-refractivity contribution in [3.8, 4) is 22.8 Å². The van der Waals surface area contributed by atoms with Crippen LogP contribution in [0.25, 0.3) is 11.3 Å². The molecule has 0 saturated carbocycles. The summed E-state index contributed by atoms with van der Waals surface area (Å²) in [5.41, 5.74) is 0.178. The minimum Gasteiger partial charge on any atom is -0.504 e. The van der Waals surface area contributed by atoms with Crippen molar-refractivity contribution in [1.82, 2.24) is 9.78 Å². The van der Waals surface area contributed by atoms with Gasteiger partial charge in [-0.25, -0.2) is 9.18 Å². The third-order valence-corrected chi connectivity index (χ3v) is 3.00. The van der Waals surface area contributed by atoms with Gasteiger partial charge in [-0.2, -0.15) is 5.10 Å². The number of methoxy groups -OCH3 is 1. The second-order valence-electron chi connectivity index (χ2n) is 3.95. The number of phenols is 1. The second-order valence-corrected chi connectivity index (χ2v) is 4.35. The number of aromatic hydroxyl groups is 1. The average molecular weight is 301 g/mol. The van der Waals surface area contributed by atoms with Crippen molar-refractivity contribution < 1.29 is 24.1 Å². The van der Waals surface area contributed by atoms with Crippen LogP contribution in [0.4, 0.5) is 4.39 Å². The molecule has 0 bridgehead atoms. The Balaban J connectivity index is 2.70. The lowest BCUT2D eigenvalue weighted by Crippen LogP contribution is -1.99. The first-order valence-electron chi connectivity index (χ1n) is 5.39. The van der Waals surface area contributed by atoms with E-state index < -0.39 is 23.3 Å². The molecule has 0 amide bonds. The van der Waals surface area contributed by atoms with Crippen LogP contribution in [-0.4, -0.2) is 33.1 Å². The van der Waals surface area contributed by atoms with E-state index in [4.69, 9.17) is 21.4 Å². The number of aromatic nitrogens is 2. The number of aryl methyl sites for hydroxylation is 1. The van der Waals surface area contributed by atoms with Gasteiger partial charge in [0.1, 0.15) is 0 Å². The molecule has 2 aromatic rings. The molecule has 0 aliphatic rings. The van der Waals surface area contributed by atoms with Crippen LogP contribution in [0.15, 0.2) is 12.1 Å². The van der Waals surface area contributed by atoms with Crippen molar-refractivity contribution in [2.24, 2.45) is 7.05 Å². The number of phenolic OH excluding ortho intramolecular Hbond substituents is 1. The van der Waals surface area contributed by atoms with Gasteiger partial charge in [0.05, 0.1) is 17.8 Å². The maximum Gasteiger partial charge on any atom is 0.356 e. The van der Waals surface area contributed by atoms with E-state index in [1.165, 1.54) is 31.0 Å². The number of carboxylic acids is 1. The van der Waals surface area contributed by atoms with Crippen LogP contribution in [0.2, 0.25) is 5.02 Å². The zero-order chi connectivity index (χ0) is 15.0. The van der Waals surface area contributed by atoms with Gasteiger partial charge in [-0.05, 0) is 12.1 Å². The second kappa shape index (κ2) is 5.01. The Morgan fingerprint density at radius 1 is 1.50 bits per heavy atom. The van der Waals surface area contributed by atoms with Gasteiger partial charge in [-0.15, -0.1) is 0 Å². The van der Waals surface area contributed by atoms with E-state index in [1.54, 1.807) is 0 Å². The summed E-state index contributed by atoms with van der Waals surface area (Å²) in [5.74, 6) is -3.00. The molecular formula is C12H10ClFN2O4. The molecular weight excluding hydrogens is 291 g/mol. The third kappa shape index (κ3) is 2.16. The lowest BCUT2D eigenvalue weighted by molar-refractivity contribution is 0.0689. The van der Waals surface area contributed by atoms with Gasteiger partial charge in [0.15, 0.2) is 23.0 Å². The summed E-state index contributed by atoms with van der Waals surface area (Å²) in [6, 6.07) is 2.42. The number of halogens is 2. The van der Waals surface area contributed by atoms with Crippen LogP contribution >= 0.6 is 11.6 Å². The van der Waals surface area contributed by atoms with Gasteiger partial charge >= 0.3 is 5.97 Å². The molecule has 0 atom stereocenters. The first kappa shape index (κ1) is 14.1. The topological polar surface area (TPSA) is 84.6 Å². The van der Waals surface area contributed by atoms with E-state index in [0.717, 1.165) is 0 Å². The monoisotopic (exact) mass is 300 g/mol. The number of hydrogen-bond acceptors (Lipinski definition) is 4. The third-order valence-electron chi connectivity index (χ3n) is 2.73. The van der Waals surface area contributed by atoms with Gasteiger partial charge in [-0.3, -0.25) is 4.68 Å². The first-order chi connectivity index (χ1) is 9.36. The predicted octanol–water partition coefficient (Wildman–Crippen LogP) is 2.29. The van der Waals surface area contributed by atoms with E-state index >= 15 is 0 Å². The maximum absolute atomic E-state index is 13.7. The Kier molecular flexibility index (Phi) is 3.54. The molecule has 2 rings (SSSR count). The van der Waals surface area contributed by atoms with E-state index in [1.807, 2.05) is 0 Å². The Hall–Kier alpha value is -2.28. The maximum atomic E-state index is 13.7. The molecule has 0 spiro atoms. The normalized spacial score (nSPS) is 10.6. The molecule has 0 aliphatic carbocycles. The average Bonchev–Trinajstić information content (AvgIpc) is 2.77. The highest BCUT2D eigenvalue weighted by atomic mass is 35.5. The summed E-state index contributed by atoms with van der Waals surface area (Å²) in [7, 11) is 2.68. The molecule has 1 heterocycles. The molecule has 1 aromatic heterocycles. The highest BCUT2D eigenvalue weighted by Gasteiger charge is 2.22. The molecule has 1 aromatic carbocycles. The molecule has 0 aliphatic heterocycles. The van der Waals surface area contributed by atoms with Gasteiger partial charge in [0.25, 0.3) is 0 Å². The fourth-order valence-electron chi connectivity index (χ4n) is 1.80. The molecule has 0 saturated heterocycles. The molecule has 0 fully saturated rings. The summed E-state index contributed by atoms with van der Waals surface area (Å²) >= 11 is 5.73. The highest BCUT2D eigenvalue weighted by Crippen LogP contribution is 2.42. The van der Waals surface area contributed by atoms with E-state index in [2.05, 4.69) is 5.10 Å². The van der Waals surface area contributed by atoms with Gasteiger partial charge in [0, 0.05) is 12.6 Å². The van der Waals surface area contributed by atoms with E-state index in [-0.39, 0.29) is 22.0 Å². The molecule has 0 unspecified atom stereocenters. The number of nitrogens with zero attached hydrogens (tertiary/aromatic N) is 2. The number of carbonyl (C=O) groups is 1. The number of rotatable bonds is 3. The van der Waals surface area contributed by atoms with Crippen LogP contribution in [0.5, 0.6) is 11.5 Å². The van der Waals surface area contributed by atoms with Crippen LogP contribution in [0.1, 0.15) is 10.5 Å². The SMILES string of the molecule is COc1c(O)c(-c2cc(C(=O)O)nn2C)cc(Cl)c1F. The van der Waals surface area contributed by atoms with Gasteiger partial charge < -0.3 is 14.9 Å². The Labute approximate surface area is 118 Å². The summed E-state index contributed by atoms with van der Waals surface area (Å²) < 4.78 is 19.7. The van der Waals surface area contributed by atoms with Crippen LogP contribution in [-0.2, 0) is 7.05 Å². The van der Waals surface area contributed by atoms with Crippen molar-refractivity contribution in [2.45, 2.75) is 0 Å². The highest BCUT2D eigenvalue weighted by molar-refractivity contribution is 6.31. The van der Waals surface area contributed by atoms with E-state index in [9.17, 15) is 14.3 Å². The smallest absolute Gasteiger partial charge is 0.356 e. The number of hydrogen-bond donors (Lipinski definition) is 2. The van der Waals surface area contributed by atoms with Crippen molar-refractivity contribution in [3.63, 3.8) is 0 Å². The minimum atomic E-state index is -1.22. The molecule has 106 valence electrons. The van der Waals surface area contributed by atoms with Gasteiger partial charge in [0.2, 0.25) is 0 Å². The fourth-order valence-corrected chi connectivity index (χ4v) is 1.99. The number of benzene rings is 1. The predicted molar refractivity (Wildman–Crippen MR) is 68.8 cm³/mol. The first-order valence-corrected chi connectivity index (χ1v) is 5.77. The Morgan fingerprint density at radius 2 is 2.15 bits per heavy atom. The van der Waals surface area contributed by atoms with Crippen molar-refractivity contribution in [1.29, 1.82) is 0 Å². The number of aromatic carboxylic acids is 1. The number of carboxylic acid groups (broad SMARTS) is 1. The lowest BCUT2D eigenvalue weighted by Gasteiger charge is -2.11. The quantitative estimate of drug-likeness (QED) is 0.908. The largest absolute Gasteiger partial charge is 0.504 e. The van der Waals surface area contributed by atoms with Crippen LogP contribution in [0.3, 0.4) is 0 Å². The molecule has 0 radical (unpaired) electrons.